The van der Waals surface area contributed by atoms with Crippen molar-refractivity contribution in [3.8, 4) is 5.75 Å². The average molecular weight is 644 g/mol. The molecule has 1 amide bonds. The number of hydrogen-bond acceptors (Lipinski definition) is 5. The number of primary amides is 1. The smallest absolute Gasteiger partial charge is 0.315 e. The zero-order valence-corrected chi connectivity index (χ0v) is 24.3. The molecule has 1 fully saturated rings. The van der Waals surface area contributed by atoms with Gasteiger partial charge in [-0.3, -0.25) is 14.5 Å². The van der Waals surface area contributed by atoms with Crippen LogP contribution in [0, 0.1) is 23.4 Å². The minimum absolute atomic E-state index is 0.00703. The largest absolute Gasteiger partial charge is 0.488 e. The molecule has 1 aliphatic heterocycles. The van der Waals surface area contributed by atoms with E-state index < -0.39 is 34.7 Å². The van der Waals surface area contributed by atoms with Crippen LogP contribution in [0.3, 0.4) is 0 Å². The van der Waals surface area contributed by atoms with Crippen molar-refractivity contribution < 1.29 is 32.2 Å². The maximum Gasteiger partial charge on any atom is 0.315 e. The minimum Gasteiger partial charge on any atom is -0.488 e. The number of benzene rings is 3. The van der Waals surface area contributed by atoms with E-state index in [0.29, 0.717) is 44.8 Å². The maximum absolute atomic E-state index is 13.8. The molecule has 0 bridgehead atoms. The lowest BCUT2D eigenvalue weighted by Gasteiger charge is -2.36. The normalized spacial score (nSPS) is 17.8. The van der Waals surface area contributed by atoms with Gasteiger partial charge in [-0.05, 0) is 60.6 Å². The van der Waals surface area contributed by atoms with Crippen molar-refractivity contribution in [2.45, 2.75) is 37.8 Å². The summed E-state index contributed by atoms with van der Waals surface area (Å²) in [7, 11) is 0. The van der Waals surface area contributed by atoms with Crippen LogP contribution in [0.1, 0.15) is 36.0 Å². The van der Waals surface area contributed by atoms with E-state index in [1.807, 2.05) is 59.5 Å². The molecule has 3 aromatic carbocycles. The molecule has 5 rings (SSSR count). The van der Waals surface area contributed by atoms with Crippen molar-refractivity contribution >= 4 is 33.4 Å². The minimum atomic E-state index is -1.34. The Morgan fingerprint density at radius 1 is 1.00 bits per heavy atom. The molecule has 6 nitrogen and oxygen atoms in total. The predicted molar refractivity (Wildman–Crippen MR) is 155 cm³/mol. The van der Waals surface area contributed by atoms with Crippen molar-refractivity contribution in [1.29, 1.82) is 0 Å². The Balaban J connectivity index is 1.26. The van der Waals surface area contributed by atoms with Crippen molar-refractivity contribution in [3.05, 3.63) is 105 Å². The monoisotopic (exact) mass is 642 g/mol. The van der Waals surface area contributed by atoms with Gasteiger partial charge in [-0.15, -0.1) is 0 Å². The van der Waals surface area contributed by atoms with E-state index >= 15 is 0 Å². The Bertz CT molecular complexity index is 1510. The Morgan fingerprint density at radius 2 is 1.71 bits per heavy atom. The Morgan fingerprint density at radius 3 is 2.40 bits per heavy atom. The Kier molecular flexibility index (Phi) is 9.03. The van der Waals surface area contributed by atoms with Crippen LogP contribution in [-0.4, -0.2) is 42.0 Å². The van der Waals surface area contributed by atoms with Gasteiger partial charge in [0.15, 0.2) is 17.4 Å². The number of ether oxygens (including phenoxy) is 2. The van der Waals surface area contributed by atoms with Gasteiger partial charge in [0.25, 0.3) is 0 Å². The molecule has 1 heterocycles. The Labute approximate surface area is 250 Å². The zero-order chi connectivity index (χ0) is 29.9. The van der Waals surface area contributed by atoms with Crippen LogP contribution >= 0.6 is 15.9 Å². The summed E-state index contributed by atoms with van der Waals surface area (Å²) in [6, 6.07) is 16.7. The van der Waals surface area contributed by atoms with E-state index in [4.69, 9.17) is 15.2 Å². The second-order valence-electron chi connectivity index (χ2n) is 10.5. The van der Waals surface area contributed by atoms with Crippen LogP contribution in [-0.2, 0) is 27.4 Å². The van der Waals surface area contributed by atoms with E-state index in [-0.39, 0.29) is 25.1 Å². The molecule has 0 radical (unpaired) electrons. The fraction of sp³-hybridized carbons (Fsp3) is 0.312. The first-order valence-electron chi connectivity index (χ1n) is 13.7. The highest BCUT2D eigenvalue weighted by molar-refractivity contribution is 9.10. The molecule has 42 heavy (non-hydrogen) atoms. The third-order valence-corrected chi connectivity index (χ3v) is 8.63. The molecule has 1 unspecified atom stereocenters. The third-order valence-electron chi connectivity index (χ3n) is 7.86. The Hall–Kier alpha value is -3.63. The van der Waals surface area contributed by atoms with Crippen molar-refractivity contribution in [2.75, 3.05) is 19.7 Å². The second kappa shape index (κ2) is 12.7. The summed E-state index contributed by atoms with van der Waals surface area (Å²) in [6.45, 7) is 0.914. The summed E-state index contributed by atoms with van der Waals surface area (Å²) >= 11 is 3.48. The molecule has 1 aliphatic carbocycles. The number of amides is 1. The topological polar surface area (TPSA) is 81.9 Å². The van der Waals surface area contributed by atoms with Gasteiger partial charge < -0.3 is 15.2 Å². The molecule has 3 aromatic rings. The summed E-state index contributed by atoms with van der Waals surface area (Å²) in [4.78, 5) is 27.6. The lowest BCUT2D eigenvalue weighted by atomic mass is 9.87. The SMILES string of the molecule is NC(=O)C1(N2CC=C(c3ccc(CCCOc4c(F)ccc(F)c4F)cc3)C(C(=O)OCc3ccccc3Br)C2)CC1. The van der Waals surface area contributed by atoms with Gasteiger partial charge in [0, 0.05) is 23.1 Å². The summed E-state index contributed by atoms with van der Waals surface area (Å²) in [5.41, 5.74) is 8.47. The zero-order valence-electron chi connectivity index (χ0n) is 22.8. The molecule has 2 aliphatic rings. The standard InChI is InChI=1S/C32H30BrF3N2O4/c33-25-6-2-1-5-22(25)19-42-30(39)24-18-38(32(14-15-32)31(37)40)16-13-23(24)21-9-7-20(8-10-21)4-3-17-41-29-27(35)12-11-26(34)28(29)36/h1-2,5-13,24H,3-4,14-19H2,(H2,37,40). The summed E-state index contributed by atoms with van der Waals surface area (Å²) in [6.07, 6.45) is 4.31. The fourth-order valence-corrected chi connectivity index (χ4v) is 5.67. The van der Waals surface area contributed by atoms with Gasteiger partial charge in [0.05, 0.1) is 12.5 Å². The molecule has 1 atom stereocenters. The molecule has 1 saturated carbocycles. The highest BCUT2D eigenvalue weighted by Crippen LogP contribution is 2.44. The van der Waals surface area contributed by atoms with Crippen molar-refractivity contribution in [1.82, 2.24) is 4.90 Å². The van der Waals surface area contributed by atoms with Crippen LogP contribution in [0.2, 0.25) is 0 Å². The van der Waals surface area contributed by atoms with Gasteiger partial charge in [0.1, 0.15) is 12.1 Å². The lowest BCUT2D eigenvalue weighted by Crippen LogP contribution is -2.51. The van der Waals surface area contributed by atoms with E-state index in [1.165, 1.54) is 0 Å². The van der Waals surface area contributed by atoms with E-state index in [1.54, 1.807) is 0 Å². The third kappa shape index (κ3) is 6.39. The summed E-state index contributed by atoms with van der Waals surface area (Å²) < 4.78 is 52.7. The molecule has 220 valence electrons. The van der Waals surface area contributed by atoms with Crippen LogP contribution in [0.4, 0.5) is 13.2 Å². The molecule has 10 heteroatoms. The van der Waals surface area contributed by atoms with Crippen molar-refractivity contribution in [2.24, 2.45) is 11.7 Å². The van der Waals surface area contributed by atoms with Gasteiger partial charge >= 0.3 is 5.97 Å². The molecule has 0 saturated heterocycles. The van der Waals surface area contributed by atoms with Crippen LogP contribution in [0.15, 0.2) is 71.2 Å². The van der Waals surface area contributed by atoms with Crippen molar-refractivity contribution in [3.63, 3.8) is 0 Å². The molecular formula is C32H30BrF3N2O4. The van der Waals surface area contributed by atoms with Gasteiger partial charge in [-0.2, -0.15) is 4.39 Å². The second-order valence-corrected chi connectivity index (χ2v) is 11.4. The highest BCUT2D eigenvalue weighted by Gasteiger charge is 2.54. The van der Waals surface area contributed by atoms with E-state index in [2.05, 4.69) is 15.9 Å². The van der Waals surface area contributed by atoms with E-state index in [0.717, 1.165) is 32.8 Å². The summed E-state index contributed by atoms with van der Waals surface area (Å²) in [5, 5.41) is 0. The summed E-state index contributed by atoms with van der Waals surface area (Å²) in [5.74, 6) is -5.56. The van der Waals surface area contributed by atoms with Gasteiger partial charge in [0.2, 0.25) is 11.7 Å². The number of esters is 1. The lowest BCUT2D eigenvalue weighted by molar-refractivity contribution is -0.149. The van der Waals surface area contributed by atoms with Gasteiger partial charge in [-0.1, -0.05) is 64.5 Å². The number of nitrogens with two attached hydrogens (primary N) is 1. The maximum atomic E-state index is 13.8. The van der Waals surface area contributed by atoms with Crippen LogP contribution in [0.5, 0.6) is 5.75 Å². The first kappa shape index (κ1) is 29.8. The number of halogens is 4. The van der Waals surface area contributed by atoms with Gasteiger partial charge in [-0.25, -0.2) is 8.78 Å². The number of carbonyl (C=O) groups excluding carboxylic acids is 2. The number of aryl methyl sites for hydroxylation is 1. The molecule has 0 spiro atoms. The number of hydrogen-bond donors (Lipinski definition) is 1. The first-order chi connectivity index (χ1) is 20.2. The fourth-order valence-electron chi connectivity index (χ4n) is 5.27. The first-order valence-corrected chi connectivity index (χ1v) is 14.5. The average Bonchev–Trinajstić information content (AvgIpc) is 3.81. The molecular weight excluding hydrogens is 613 g/mol. The number of rotatable bonds is 11. The molecule has 2 N–H and O–H groups in total. The van der Waals surface area contributed by atoms with E-state index in [9.17, 15) is 22.8 Å². The van der Waals surface area contributed by atoms with Crippen LogP contribution in [0.25, 0.3) is 5.57 Å². The number of nitrogens with zero attached hydrogens (tertiary/aromatic N) is 1. The highest BCUT2D eigenvalue weighted by atomic mass is 79.9. The van der Waals surface area contributed by atoms with Crippen LogP contribution < -0.4 is 10.5 Å². The predicted octanol–water partition coefficient (Wildman–Crippen LogP) is 5.95. The number of carbonyl (C=O) groups is 2. The molecule has 0 aromatic heterocycles. The quantitative estimate of drug-likeness (QED) is 0.159.